The quantitative estimate of drug-likeness (QED) is 0.571. The van der Waals surface area contributed by atoms with Crippen molar-refractivity contribution < 1.29 is 5.11 Å². The fourth-order valence-corrected chi connectivity index (χ4v) is 1.64. The van der Waals surface area contributed by atoms with Gasteiger partial charge in [0, 0.05) is 0 Å². The van der Waals surface area contributed by atoms with Crippen LogP contribution in [0.2, 0.25) is 5.02 Å². The van der Waals surface area contributed by atoms with Crippen molar-refractivity contribution in [3.8, 4) is 16.9 Å². The van der Waals surface area contributed by atoms with E-state index in [1.54, 1.807) is 12.1 Å². The predicted molar refractivity (Wildman–Crippen MR) is 63.0 cm³/mol. The molecule has 0 radical (unpaired) electrons. The minimum Gasteiger partial charge on any atom is -0.504 e. The lowest BCUT2D eigenvalue weighted by Crippen LogP contribution is -1.87. The largest absolute Gasteiger partial charge is 0.504 e. The molecule has 2 aromatic carbocycles. The summed E-state index contributed by atoms with van der Waals surface area (Å²) in [5, 5.41) is 9.69. The van der Waals surface area contributed by atoms with Crippen LogP contribution >= 0.6 is 11.6 Å². The smallest absolute Gasteiger partial charge is 0.157 e. The van der Waals surface area contributed by atoms with Crippen LogP contribution in [0, 0.1) is 0 Å². The van der Waals surface area contributed by atoms with E-state index in [1.165, 1.54) is 0 Å². The third-order valence-electron chi connectivity index (χ3n) is 2.20. The Bertz CT molecular complexity index is 459. The van der Waals surface area contributed by atoms with E-state index in [0.29, 0.717) is 5.69 Å². The summed E-state index contributed by atoms with van der Waals surface area (Å²) in [6, 6.07) is 13.1. The van der Waals surface area contributed by atoms with Gasteiger partial charge in [0.15, 0.2) is 5.75 Å². The highest BCUT2D eigenvalue weighted by molar-refractivity contribution is 6.32. The van der Waals surface area contributed by atoms with E-state index in [4.69, 9.17) is 17.3 Å². The Morgan fingerprint density at radius 1 is 1.00 bits per heavy atom. The molecule has 0 spiro atoms. The summed E-state index contributed by atoms with van der Waals surface area (Å²) in [4.78, 5) is 0. The van der Waals surface area contributed by atoms with E-state index >= 15 is 0 Å². The monoisotopic (exact) mass is 219 g/mol. The summed E-state index contributed by atoms with van der Waals surface area (Å²) >= 11 is 5.84. The van der Waals surface area contributed by atoms with Gasteiger partial charge in [-0.3, -0.25) is 0 Å². The van der Waals surface area contributed by atoms with Crippen molar-refractivity contribution in [2.45, 2.75) is 0 Å². The molecule has 76 valence electrons. The minimum atomic E-state index is -0.0589. The molecule has 2 nitrogen and oxygen atoms in total. The van der Waals surface area contributed by atoms with Crippen LogP contribution in [0.25, 0.3) is 11.1 Å². The molecular weight excluding hydrogens is 210 g/mol. The average Bonchev–Trinajstić information content (AvgIpc) is 2.26. The molecule has 2 aromatic rings. The van der Waals surface area contributed by atoms with Crippen molar-refractivity contribution in [2.24, 2.45) is 0 Å². The van der Waals surface area contributed by atoms with Gasteiger partial charge < -0.3 is 10.8 Å². The summed E-state index contributed by atoms with van der Waals surface area (Å²) in [5.41, 5.74) is 7.84. The van der Waals surface area contributed by atoms with Gasteiger partial charge in [-0.2, -0.15) is 0 Å². The zero-order chi connectivity index (χ0) is 10.8. The molecule has 0 aliphatic heterocycles. The first-order valence-corrected chi connectivity index (χ1v) is 4.89. The second kappa shape index (κ2) is 3.83. The van der Waals surface area contributed by atoms with Crippen LogP contribution in [0.4, 0.5) is 5.69 Å². The fraction of sp³-hybridized carbons (Fsp3) is 0. The maximum Gasteiger partial charge on any atom is 0.157 e. The number of hydrogen-bond acceptors (Lipinski definition) is 2. The Morgan fingerprint density at radius 2 is 1.67 bits per heavy atom. The molecular formula is C12H10ClNO. The number of aromatic hydroxyl groups is 1. The molecule has 0 amide bonds. The maximum atomic E-state index is 9.42. The third kappa shape index (κ3) is 1.90. The number of halogens is 1. The van der Waals surface area contributed by atoms with Crippen molar-refractivity contribution in [2.75, 3.05) is 5.73 Å². The summed E-state index contributed by atoms with van der Waals surface area (Å²) in [7, 11) is 0. The van der Waals surface area contributed by atoms with Gasteiger partial charge in [0.25, 0.3) is 0 Å². The Hall–Kier alpha value is -1.67. The number of phenolic OH excluding ortho intramolecular Hbond substituents is 1. The Kier molecular flexibility index (Phi) is 2.52. The van der Waals surface area contributed by atoms with E-state index in [2.05, 4.69) is 0 Å². The highest BCUT2D eigenvalue weighted by atomic mass is 35.5. The van der Waals surface area contributed by atoms with Gasteiger partial charge in [-0.15, -0.1) is 0 Å². The Balaban J connectivity index is 2.56. The van der Waals surface area contributed by atoms with Crippen LogP contribution in [-0.4, -0.2) is 5.11 Å². The molecule has 0 heterocycles. The first-order chi connectivity index (χ1) is 7.18. The number of benzene rings is 2. The van der Waals surface area contributed by atoms with Crippen molar-refractivity contribution >= 4 is 17.3 Å². The SMILES string of the molecule is Nc1cc(-c2ccccc2)cc(Cl)c1O. The standard InChI is InChI=1S/C12H10ClNO/c13-10-6-9(7-11(14)12(10)15)8-4-2-1-3-5-8/h1-7,15H,14H2. The van der Waals surface area contributed by atoms with Crippen LogP contribution in [0.5, 0.6) is 5.75 Å². The van der Waals surface area contributed by atoms with Gasteiger partial charge in [-0.25, -0.2) is 0 Å². The molecule has 0 aliphatic carbocycles. The van der Waals surface area contributed by atoms with Crippen LogP contribution < -0.4 is 5.73 Å². The van der Waals surface area contributed by atoms with Gasteiger partial charge in [-0.05, 0) is 23.3 Å². The highest BCUT2D eigenvalue weighted by Crippen LogP contribution is 2.34. The average molecular weight is 220 g/mol. The molecule has 0 saturated carbocycles. The number of nitrogen functional groups attached to an aromatic ring is 1. The minimum absolute atomic E-state index is 0.0589. The lowest BCUT2D eigenvalue weighted by molar-refractivity contribution is 0.478. The van der Waals surface area contributed by atoms with E-state index < -0.39 is 0 Å². The normalized spacial score (nSPS) is 10.2. The lowest BCUT2D eigenvalue weighted by atomic mass is 10.1. The second-order valence-corrected chi connectivity index (χ2v) is 3.67. The molecule has 2 rings (SSSR count). The molecule has 3 heteroatoms. The Morgan fingerprint density at radius 3 is 2.27 bits per heavy atom. The first-order valence-electron chi connectivity index (χ1n) is 4.52. The van der Waals surface area contributed by atoms with E-state index in [0.717, 1.165) is 11.1 Å². The zero-order valence-electron chi connectivity index (χ0n) is 7.94. The van der Waals surface area contributed by atoms with Crippen molar-refractivity contribution in [3.05, 3.63) is 47.5 Å². The molecule has 0 bridgehead atoms. The van der Waals surface area contributed by atoms with Gasteiger partial charge in [0.05, 0.1) is 10.7 Å². The molecule has 3 N–H and O–H groups in total. The van der Waals surface area contributed by atoms with Gasteiger partial charge >= 0.3 is 0 Å². The summed E-state index contributed by atoms with van der Waals surface area (Å²) in [5.74, 6) is -0.0589. The lowest BCUT2D eigenvalue weighted by Gasteiger charge is -2.06. The highest BCUT2D eigenvalue weighted by Gasteiger charge is 2.06. The van der Waals surface area contributed by atoms with Crippen LogP contribution in [0.15, 0.2) is 42.5 Å². The van der Waals surface area contributed by atoms with Gasteiger partial charge in [0.2, 0.25) is 0 Å². The molecule has 15 heavy (non-hydrogen) atoms. The topological polar surface area (TPSA) is 46.2 Å². The summed E-state index contributed by atoms with van der Waals surface area (Å²) in [6.45, 7) is 0. The van der Waals surface area contributed by atoms with E-state index in [1.807, 2.05) is 30.3 Å². The van der Waals surface area contributed by atoms with Crippen LogP contribution in [-0.2, 0) is 0 Å². The molecule has 0 unspecified atom stereocenters. The van der Waals surface area contributed by atoms with Crippen LogP contribution in [0.3, 0.4) is 0 Å². The van der Waals surface area contributed by atoms with Gasteiger partial charge in [-0.1, -0.05) is 41.9 Å². The summed E-state index contributed by atoms with van der Waals surface area (Å²) < 4.78 is 0. The van der Waals surface area contributed by atoms with Gasteiger partial charge in [0.1, 0.15) is 0 Å². The number of nitrogens with two attached hydrogens (primary N) is 1. The molecule has 0 saturated heterocycles. The van der Waals surface area contributed by atoms with Crippen molar-refractivity contribution in [3.63, 3.8) is 0 Å². The molecule has 0 aromatic heterocycles. The number of phenols is 1. The molecule has 0 atom stereocenters. The fourth-order valence-electron chi connectivity index (χ4n) is 1.42. The number of hydrogen-bond donors (Lipinski definition) is 2. The molecule has 0 fully saturated rings. The van der Waals surface area contributed by atoms with Crippen LogP contribution in [0.1, 0.15) is 0 Å². The Labute approximate surface area is 92.9 Å². The second-order valence-electron chi connectivity index (χ2n) is 3.26. The van der Waals surface area contributed by atoms with Crippen molar-refractivity contribution in [1.82, 2.24) is 0 Å². The maximum absolute atomic E-state index is 9.42. The van der Waals surface area contributed by atoms with Crippen molar-refractivity contribution in [1.29, 1.82) is 0 Å². The summed E-state index contributed by atoms with van der Waals surface area (Å²) in [6.07, 6.45) is 0. The zero-order valence-corrected chi connectivity index (χ0v) is 8.70. The number of anilines is 1. The van der Waals surface area contributed by atoms with E-state index in [-0.39, 0.29) is 10.8 Å². The third-order valence-corrected chi connectivity index (χ3v) is 2.49. The predicted octanol–water partition coefficient (Wildman–Crippen LogP) is 3.29. The first kappa shape index (κ1) is 9.87. The number of rotatable bonds is 1. The van der Waals surface area contributed by atoms with E-state index in [9.17, 15) is 5.11 Å². The molecule has 0 aliphatic rings.